The van der Waals surface area contributed by atoms with Crippen molar-refractivity contribution in [2.75, 3.05) is 20.6 Å². The topological polar surface area (TPSA) is 73.9 Å². The van der Waals surface area contributed by atoms with Crippen molar-refractivity contribution in [2.24, 2.45) is 10.9 Å². The van der Waals surface area contributed by atoms with Crippen LogP contribution in [0.3, 0.4) is 0 Å². The van der Waals surface area contributed by atoms with Crippen molar-refractivity contribution in [1.82, 2.24) is 10.2 Å². The summed E-state index contributed by atoms with van der Waals surface area (Å²) in [6.45, 7) is 3.45. The highest BCUT2D eigenvalue weighted by atomic mass is 19.1. The Morgan fingerprint density at radius 3 is 2.80 bits per heavy atom. The summed E-state index contributed by atoms with van der Waals surface area (Å²) in [5, 5.41) is 14.7. The zero-order valence-electron chi connectivity index (χ0n) is 12.2. The van der Waals surface area contributed by atoms with Crippen molar-refractivity contribution < 1.29 is 9.60 Å². The Morgan fingerprint density at radius 2 is 2.20 bits per heavy atom. The molecule has 1 aromatic rings. The van der Waals surface area contributed by atoms with Crippen LogP contribution in [0.1, 0.15) is 24.5 Å². The molecule has 6 heteroatoms. The minimum Gasteiger partial charge on any atom is -0.409 e. The van der Waals surface area contributed by atoms with Crippen LogP contribution in [0.2, 0.25) is 0 Å². The van der Waals surface area contributed by atoms with E-state index < -0.39 is 5.82 Å². The molecule has 0 spiro atoms. The third-order valence-corrected chi connectivity index (χ3v) is 3.11. The van der Waals surface area contributed by atoms with Gasteiger partial charge in [0.15, 0.2) is 5.84 Å². The van der Waals surface area contributed by atoms with Crippen molar-refractivity contribution in [1.29, 1.82) is 0 Å². The lowest BCUT2D eigenvalue weighted by Gasteiger charge is -2.17. The molecule has 0 fully saturated rings. The number of oxime groups is 1. The van der Waals surface area contributed by atoms with E-state index in [9.17, 15) is 4.39 Å². The molecule has 0 aliphatic heterocycles. The highest BCUT2D eigenvalue weighted by Gasteiger charge is 2.12. The Kier molecular flexibility index (Phi) is 6.41. The Balaban J connectivity index is 2.65. The van der Waals surface area contributed by atoms with Gasteiger partial charge < -0.3 is 21.2 Å². The molecule has 1 rings (SSSR count). The maximum Gasteiger partial charge on any atom is 0.173 e. The van der Waals surface area contributed by atoms with Crippen LogP contribution in [-0.4, -0.2) is 42.6 Å². The number of nitrogens with one attached hydrogen (secondary N) is 1. The number of benzene rings is 1. The summed E-state index contributed by atoms with van der Waals surface area (Å²) >= 11 is 0. The summed E-state index contributed by atoms with van der Waals surface area (Å²) in [4.78, 5) is 2.11. The van der Waals surface area contributed by atoms with Gasteiger partial charge in [-0.25, -0.2) is 4.39 Å². The zero-order valence-corrected chi connectivity index (χ0v) is 12.2. The summed E-state index contributed by atoms with van der Waals surface area (Å²) in [6, 6.07) is 5.15. The van der Waals surface area contributed by atoms with Gasteiger partial charge >= 0.3 is 0 Å². The van der Waals surface area contributed by atoms with E-state index in [1.807, 2.05) is 14.1 Å². The molecule has 0 aromatic heterocycles. The van der Waals surface area contributed by atoms with Gasteiger partial charge in [0, 0.05) is 18.2 Å². The highest BCUT2D eigenvalue weighted by Crippen LogP contribution is 2.13. The first-order valence-corrected chi connectivity index (χ1v) is 6.59. The van der Waals surface area contributed by atoms with E-state index in [0.717, 1.165) is 13.0 Å². The predicted octanol–water partition coefficient (Wildman–Crippen LogP) is 1.35. The lowest BCUT2D eigenvalue weighted by molar-refractivity contribution is 0.318. The molecule has 0 aliphatic carbocycles. The van der Waals surface area contributed by atoms with Gasteiger partial charge in [-0.15, -0.1) is 0 Å². The van der Waals surface area contributed by atoms with E-state index in [4.69, 9.17) is 10.9 Å². The number of nitrogens with zero attached hydrogens (tertiary/aromatic N) is 2. The molecular formula is C14H23FN4O. The Bertz CT molecular complexity index is 462. The van der Waals surface area contributed by atoms with Crippen LogP contribution in [0, 0.1) is 5.82 Å². The summed E-state index contributed by atoms with van der Waals surface area (Å²) in [7, 11) is 4.04. The minimum absolute atomic E-state index is 0.118. The van der Waals surface area contributed by atoms with E-state index in [1.54, 1.807) is 12.1 Å². The number of nitrogens with two attached hydrogens (primary N) is 1. The number of amidine groups is 1. The lowest BCUT2D eigenvalue weighted by atomic mass is 10.1. The van der Waals surface area contributed by atoms with Crippen LogP contribution in [0.4, 0.5) is 4.39 Å². The molecule has 0 aliphatic rings. The average Bonchev–Trinajstić information content (AvgIpc) is 2.43. The van der Waals surface area contributed by atoms with E-state index in [1.165, 1.54) is 6.07 Å². The molecule has 0 radical (unpaired) electrons. The van der Waals surface area contributed by atoms with Crippen LogP contribution in [0.5, 0.6) is 0 Å². The van der Waals surface area contributed by atoms with Crippen LogP contribution < -0.4 is 11.1 Å². The van der Waals surface area contributed by atoms with Crippen LogP contribution in [-0.2, 0) is 6.54 Å². The van der Waals surface area contributed by atoms with E-state index in [-0.39, 0.29) is 17.4 Å². The maximum absolute atomic E-state index is 14.2. The molecule has 112 valence electrons. The van der Waals surface area contributed by atoms with Crippen LogP contribution >= 0.6 is 0 Å². The van der Waals surface area contributed by atoms with Gasteiger partial charge in [0.2, 0.25) is 0 Å². The van der Waals surface area contributed by atoms with Crippen molar-refractivity contribution in [3.63, 3.8) is 0 Å². The second-order valence-electron chi connectivity index (χ2n) is 5.14. The quantitative estimate of drug-likeness (QED) is 0.305. The summed E-state index contributed by atoms with van der Waals surface area (Å²) in [5.41, 5.74) is 6.06. The van der Waals surface area contributed by atoms with Gasteiger partial charge in [-0.3, -0.25) is 0 Å². The molecule has 0 saturated carbocycles. The normalized spacial score (nSPS) is 13.8. The van der Waals surface area contributed by atoms with Crippen LogP contribution in [0.15, 0.2) is 23.4 Å². The minimum atomic E-state index is -0.449. The van der Waals surface area contributed by atoms with Crippen molar-refractivity contribution in [3.05, 3.63) is 35.1 Å². The first-order valence-electron chi connectivity index (χ1n) is 6.59. The van der Waals surface area contributed by atoms with E-state index in [2.05, 4.69) is 22.3 Å². The molecule has 0 saturated heterocycles. The third-order valence-electron chi connectivity index (χ3n) is 3.11. The molecule has 4 N–H and O–H groups in total. The average molecular weight is 282 g/mol. The molecule has 0 heterocycles. The van der Waals surface area contributed by atoms with Gasteiger partial charge in [0.1, 0.15) is 5.82 Å². The summed E-state index contributed by atoms with van der Waals surface area (Å²) in [6.07, 6.45) is 0.981. The fraction of sp³-hybridized carbons (Fsp3) is 0.500. The molecule has 20 heavy (non-hydrogen) atoms. The Hall–Kier alpha value is -1.66. The van der Waals surface area contributed by atoms with Gasteiger partial charge in [-0.1, -0.05) is 17.3 Å². The van der Waals surface area contributed by atoms with Crippen LogP contribution in [0.25, 0.3) is 0 Å². The largest absolute Gasteiger partial charge is 0.409 e. The Morgan fingerprint density at radius 1 is 1.50 bits per heavy atom. The fourth-order valence-corrected chi connectivity index (χ4v) is 1.81. The highest BCUT2D eigenvalue weighted by molar-refractivity contribution is 5.97. The lowest BCUT2D eigenvalue weighted by Crippen LogP contribution is -2.30. The maximum atomic E-state index is 14.2. The fourth-order valence-electron chi connectivity index (χ4n) is 1.81. The number of rotatable bonds is 7. The molecular weight excluding hydrogens is 259 g/mol. The first-order chi connectivity index (χ1) is 9.45. The number of hydrogen-bond donors (Lipinski definition) is 3. The van der Waals surface area contributed by atoms with Gasteiger partial charge in [-0.2, -0.15) is 0 Å². The Labute approximate surface area is 119 Å². The molecule has 0 bridgehead atoms. The molecule has 0 amide bonds. The van der Waals surface area contributed by atoms with Gasteiger partial charge in [0.25, 0.3) is 0 Å². The first kappa shape index (κ1) is 16.4. The SMILES string of the molecule is CC(CCN(C)C)NCc1cccc(/C(N)=N/O)c1F. The second-order valence-corrected chi connectivity index (χ2v) is 5.14. The van der Waals surface area contributed by atoms with Crippen molar-refractivity contribution in [2.45, 2.75) is 25.9 Å². The summed E-state index contributed by atoms with van der Waals surface area (Å²) < 4.78 is 14.2. The molecule has 1 aromatic carbocycles. The van der Waals surface area contributed by atoms with Crippen molar-refractivity contribution in [3.8, 4) is 0 Å². The smallest absolute Gasteiger partial charge is 0.173 e. The van der Waals surface area contributed by atoms with E-state index >= 15 is 0 Å². The van der Waals surface area contributed by atoms with Gasteiger partial charge in [0.05, 0.1) is 5.56 Å². The second kappa shape index (κ2) is 7.81. The van der Waals surface area contributed by atoms with E-state index in [0.29, 0.717) is 12.1 Å². The van der Waals surface area contributed by atoms with Gasteiger partial charge in [-0.05, 0) is 40.1 Å². The predicted molar refractivity (Wildman–Crippen MR) is 78.4 cm³/mol. The zero-order chi connectivity index (χ0) is 15.1. The monoisotopic (exact) mass is 282 g/mol. The number of hydrogen-bond acceptors (Lipinski definition) is 4. The van der Waals surface area contributed by atoms with Crippen molar-refractivity contribution >= 4 is 5.84 Å². The summed E-state index contributed by atoms with van der Waals surface area (Å²) in [5.74, 6) is -0.667. The molecule has 1 atom stereocenters. The standard InChI is InChI=1S/C14H23FN4O/c1-10(7-8-19(2)3)17-9-11-5-4-6-12(13(11)15)14(16)18-20/h4-6,10,17,20H,7-9H2,1-3H3,(H2,16,18). The molecule has 1 unspecified atom stereocenters. The third kappa shape index (κ3) is 4.79. The number of halogens is 1. The molecule has 5 nitrogen and oxygen atoms in total.